The first-order valence-electron chi connectivity index (χ1n) is 5.85. The smallest absolute Gasteiger partial charge is 0.333 e. The molecule has 1 rings (SSSR count). The molecule has 0 aromatic carbocycles. The fourth-order valence-corrected chi connectivity index (χ4v) is 2.16. The third-order valence-electron chi connectivity index (χ3n) is 3.15. The van der Waals surface area contributed by atoms with E-state index in [4.69, 9.17) is 0 Å². The highest BCUT2D eigenvalue weighted by molar-refractivity contribution is 5.82. The van der Waals surface area contributed by atoms with Gasteiger partial charge in [-0.1, -0.05) is 0 Å². The van der Waals surface area contributed by atoms with Crippen molar-refractivity contribution in [2.45, 2.75) is 32.9 Å². The highest BCUT2D eigenvalue weighted by atomic mass is 19.4. The molecule has 0 saturated carbocycles. The lowest BCUT2D eigenvalue weighted by Gasteiger charge is -2.37. The van der Waals surface area contributed by atoms with E-state index in [1.807, 2.05) is 0 Å². The molecule has 1 aliphatic heterocycles. The molecule has 1 N–H and O–H groups in total. The van der Waals surface area contributed by atoms with Crippen molar-refractivity contribution in [2.75, 3.05) is 26.2 Å². The molecule has 6 heteroatoms. The number of hydrogen-bond donors (Lipinski definition) is 1. The van der Waals surface area contributed by atoms with Crippen molar-refractivity contribution in [1.29, 1.82) is 0 Å². The normalized spacial score (nSPS) is 25.7. The lowest BCUT2D eigenvalue weighted by atomic mass is 9.81. The third kappa shape index (κ3) is 3.87. The van der Waals surface area contributed by atoms with E-state index in [9.17, 15) is 18.0 Å². The molecule has 1 heterocycles. The average molecular weight is 252 g/mol. The highest BCUT2D eigenvalue weighted by Gasteiger charge is 2.41. The first-order valence-corrected chi connectivity index (χ1v) is 5.85. The van der Waals surface area contributed by atoms with Crippen LogP contribution >= 0.6 is 0 Å². The molecule has 1 amide bonds. The van der Waals surface area contributed by atoms with Crippen LogP contribution in [0.4, 0.5) is 13.2 Å². The fraction of sp³-hybridized carbons (Fsp3) is 0.909. The number of alkyl halides is 3. The van der Waals surface area contributed by atoms with E-state index < -0.39 is 24.0 Å². The molecule has 0 aromatic rings. The van der Waals surface area contributed by atoms with Crippen LogP contribution in [0.3, 0.4) is 0 Å². The molecule has 0 radical (unpaired) electrons. The van der Waals surface area contributed by atoms with Crippen LogP contribution in [0.2, 0.25) is 0 Å². The van der Waals surface area contributed by atoms with E-state index in [0.717, 1.165) is 17.9 Å². The maximum atomic E-state index is 12.3. The zero-order valence-electron chi connectivity index (χ0n) is 10.2. The van der Waals surface area contributed by atoms with Crippen LogP contribution < -0.4 is 5.32 Å². The highest BCUT2D eigenvalue weighted by Crippen LogP contribution is 2.29. The Morgan fingerprint density at radius 3 is 2.53 bits per heavy atom. The standard InChI is InChI=1S/C11H19F3N2O/c1-3-16(8-11(12,13)14)9(17)10(2)5-4-6-15-7-10/h15H,3-8H2,1-2H3. The van der Waals surface area contributed by atoms with Crippen molar-refractivity contribution in [1.82, 2.24) is 10.2 Å². The number of piperidine rings is 1. The van der Waals surface area contributed by atoms with E-state index >= 15 is 0 Å². The number of hydrogen-bond acceptors (Lipinski definition) is 2. The van der Waals surface area contributed by atoms with Crippen molar-refractivity contribution in [3.05, 3.63) is 0 Å². The molecule has 100 valence electrons. The quantitative estimate of drug-likeness (QED) is 0.830. The van der Waals surface area contributed by atoms with Crippen LogP contribution in [-0.2, 0) is 4.79 Å². The molecular weight excluding hydrogens is 233 g/mol. The first-order chi connectivity index (χ1) is 7.78. The summed E-state index contributed by atoms with van der Waals surface area (Å²) in [5.74, 6) is -0.399. The Morgan fingerprint density at radius 1 is 1.47 bits per heavy atom. The van der Waals surface area contributed by atoms with Crippen LogP contribution in [-0.4, -0.2) is 43.2 Å². The number of nitrogens with one attached hydrogen (secondary N) is 1. The molecule has 1 aliphatic rings. The molecule has 1 unspecified atom stereocenters. The van der Waals surface area contributed by atoms with Gasteiger partial charge in [-0.2, -0.15) is 13.2 Å². The van der Waals surface area contributed by atoms with E-state index in [2.05, 4.69) is 5.32 Å². The molecule has 1 fully saturated rings. The van der Waals surface area contributed by atoms with Gasteiger partial charge in [0.25, 0.3) is 0 Å². The molecule has 0 bridgehead atoms. The Labute approximate surface area is 99.4 Å². The molecule has 17 heavy (non-hydrogen) atoms. The summed E-state index contributed by atoms with van der Waals surface area (Å²) in [6.07, 6.45) is -2.86. The summed E-state index contributed by atoms with van der Waals surface area (Å²) in [6.45, 7) is 3.53. The monoisotopic (exact) mass is 252 g/mol. The summed E-state index contributed by atoms with van der Waals surface area (Å²) in [7, 11) is 0. The average Bonchev–Trinajstić information content (AvgIpc) is 2.25. The van der Waals surface area contributed by atoms with Crippen LogP contribution in [0.1, 0.15) is 26.7 Å². The molecule has 3 nitrogen and oxygen atoms in total. The second-order valence-corrected chi connectivity index (χ2v) is 4.78. The van der Waals surface area contributed by atoms with Gasteiger partial charge in [0, 0.05) is 13.1 Å². The molecule has 0 aliphatic carbocycles. The van der Waals surface area contributed by atoms with Crippen molar-refractivity contribution < 1.29 is 18.0 Å². The molecule has 0 spiro atoms. The minimum Gasteiger partial charge on any atom is -0.333 e. The van der Waals surface area contributed by atoms with Gasteiger partial charge in [-0.25, -0.2) is 0 Å². The fourth-order valence-electron chi connectivity index (χ4n) is 2.16. The number of halogens is 3. The Morgan fingerprint density at radius 2 is 2.12 bits per heavy atom. The van der Waals surface area contributed by atoms with Gasteiger partial charge >= 0.3 is 6.18 Å². The van der Waals surface area contributed by atoms with Gasteiger partial charge in [0.1, 0.15) is 6.54 Å². The van der Waals surface area contributed by atoms with Crippen LogP contribution in [0.25, 0.3) is 0 Å². The largest absolute Gasteiger partial charge is 0.406 e. The van der Waals surface area contributed by atoms with Crippen LogP contribution in [0, 0.1) is 5.41 Å². The molecular formula is C11H19F3N2O. The first kappa shape index (κ1) is 14.3. The Balaban J connectivity index is 2.71. The molecule has 1 saturated heterocycles. The predicted molar refractivity (Wildman–Crippen MR) is 58.5 cm³/mol. The van der Waals surface area contributed by atoms with Crippen LogP contribution in [0.15, 0.2) is 0 Å². The maximum absolute atomic E-state index is 12.3. The Hall–Kier alpha value is -0.780. The van der Waals surface area contributed by atoms with Crippen molar-refractivity contribution in [3.8, 4) is 0 Å². The minimum atomic E-state index is -4.33. The Bertz CT molecular complexity index is 272. The second-order valence-electron chi connectivity index (χ2n) is 4.78. The summed E-state index contributed by atoms with van der Waals surface area (Å²) >= 11 is 0. The summed E-state index contributed by atoms with van der Waals surface area (Å²) in [6, 6.07) is 0. The van der Waals surface area contributed by atoms with Crippen molar-refractivity contribution in [3.63, 3.8) is 0 Å². The Kier molecular flexibility index (Phi) is 4.41. The zero-order chi connectivity index (χ0) is 13.1. The van der Waals surface area contributed by atoms with Gasteiger partial charge in [-0.05, 0) is 33.2 Å². The summed E-state index contributed by atoms with van der Waals surface area (Å²) in [5.41, 5.74) is -0.695. The summed E-state index contributed by atoms with van der Waals surface area (Å²) < 4.78 is 37.0. The van der Waals surface area contributed by atoms with E-state index in [1.165, 1.54) is 0 Å². The topological polar surface area (TPSA) is 32.3 Å². The predicted octanol–water partition coefficient (Wildman–Crippen LogP) is 1.79. The second kappa shape index (κ2) is 5.25. The number of carbonyl (C=O) groups excluding carboxylic acids is 1. The summed E-state index contributed by atoms with van der Waals surface area (Å²) in [5, 5.41) is 3.07. The minimum absolute atomic E-state index is 0.0912. The third-order valence-corrected chi connectivity index (χ3v) is 3.15. The van der Waals surface area contributed by atoms with E-state index in [-0.39, 0.29) is 6.54 Å². The van der Waals surface area contributed by atoms with Gasteiger partial charge in [0.05, 0.1) is 5.41 Å². The molecule has 1 atom stereocenters. The SMILES string of the molecule is CCN(CC(F)(F)F)C(=O)C1(C)CCCNC1. The van der Waals surface area contributed by atoms with Crippen molar-refractivity contribution >= 4 is 5.91 Å². The number of nitrogens with zero attached hydrogens (tertiary/aromatic N) is 1. The lowest BCUT2D eigenvalue weighted by molar-refractivity contribution is -0.167. The maximum Gasteiger partial charge on any atom is 0.406 e. The number of rotatable bonds is 3. The van der Waals surface area contributed by atoms with Crippen LogP contribution in [0.5, 0.6) is 0 Å². The van der Waals surface area contributed by atoms with E-state index in [0.29, 0.717) is 13.0 Å². The zero-order valence-corrected chi connectivity index (χ0v) is 10.2. The van der Waals surface area contributed by atoms with Gasteiger partial charge in [-0.15, -0.1) is 0 Å². The van der Waals surface area contributed by atoms with E-state index in [1.54, 1.807) is 13.8 Å². The lowest BCUT2D eigenvalue weighted by Crippen LogP contribution is -2.52. The van der Waals surface area contributed by atoms with Gasteiger partial charge in [-0.3, -0.25) is 4.79 Å². The number of carbonyl (C=O) groups is 1. The van der Waals surface area contributed by atoms with Gasteiger partial charge in [0.2, 0.25) is 5.91 Å². The number of amides is 1. The summed E-state index contributed by atoms with van der Waals surface area (Å²) in [4.78, 5) is 13.0. The van der Waals surface area contributed by atoms with Crippen molar-refractivity contribution in [2.24, 2.45) is 5.41 Å². The molecule has 0 aromatic heterocycles. The van der Waals surface area contributed by atoms with Gasteiger partial charge in [0.15, 0.2) is 0 Å². The van der Waals surface area contributed by atoms with Gasteiger partial charge < -0.3 is 10.2 Å².